The predicted octanol–water partition coefficient (Wildman–Crippen LogP) is 16.0. The van der Waals surface area contributed by atoms with E-state index in [1.807, 2.05) is 83.3 Å². The van der Waals surface area contributed by atoms with Gasteiger partial charge in [0, 0.05) is 79.1 Å². The van der Waals surface area contributed by atoms with E-state index in [0.29, 0.717) is 17.5 Å². The van der Waals surface area contributed by atoms with Gasteiger partial charge in [0.05, 0.1) is 11.0 Å². The Labute approximate surface area is 370 Å². The topological polar surface area (TPSA) is 43.6 Å². The summed E-state index contributed by atoms with van der Waals surface area (Å²) in [6, 6.07) is 73.8. The molecule has 0 bridgehead atoms. The molecule has 0 amide bonds. The number of benzene rings is 9. The molecule has 0 unspecified atom stereocenters. The SMILES string of the molecule is c1ccc(-c2nc(-c3ccccc3)nc(-c3ccc(-c4ccc(-c5cc(-n6c7ccccc7c7ccccc76)cc6c5sc5ccc7c8ccccc8sc7c56)cc4)cc3)n2)cc1. The van der Waals surface area contributed by atoms with Crippen molar-refractivity contribution >= 4 is 84.8 Å². The minimum Gasteiger partial charge on any atom is -0.309 e. The molecule has 0 radical (unpaired) electrons. The maximum atomic E-state index is 4.95. The molecule has 0 N–H and O–H groups in total. The van der Waals surface area contributed by atoms with E-state index in [1.54, 1.807) is 0 Å². The minimum absolute atomic E-state index is 0.646. The number of hydrogen-bond donors (Lipinski definition) is 0. The molecular weight excluding hydrogens is 805 g/mol. The van der Waals surface area contributed by atoms with Crippen molar-refractivity contribution in [3.05, 3.63) is 206 Å². The second-order valence-corrected chi connectivity index (χ2v) is 18.1. The second-order valence-electron chi connectivity index (χ2n) is 15.9. The number of aromatic nitrogens is 4. The van der Waals surface area contributed by atoms with Gasteiger partial charge in [-0.25, -0.2) is 15.0 Å². The summed E-state index contributed by atoms with van der Waals surface area (Å²) in [6.07, 6.45) is 0. The lowest BCUT2D eigenvalue weighted by Crippen LogP contribution is -2.00. The minimum atomic E-state index is 0.646. The average Bonchev–Trinajstić information content (AvgIpc) is 4.04. The third-order valence-corrected chi connectivity index (χ3v) is 14.7. The highest BCUT2D eigenvalue weighted by Crippen LogP contribution is 2.48. The van der Waals surface area contributed by atoms with Crippen molar-refractivity contribution in [2.24, 2.45) is 0 Å². The Morgan fingerprint density at radius 2 is 0.794 bits per heavy atom. The molecule has 4 nitrogen and oxygen atoms in total. The van der Waals surface area contributed by atoms with E-state index < -0.39 is 0 Å². The van der Waals surface area contributed by atoms with Crippen LogP contribution in [0.1, 0.15) is 0 Å². The molecule has 4 heterocycles. The lowest BCUT2D eigenvalue weighted by molar-refractivity contribution is 1.07. The number of fused-ring (bicyclic) bond motifs is 10. The molecule has 0 spiro atoms. The normalized spacial score (nSPS) is 11.8. The van der Waals surface area contributed by atoms with Gasteiger partial charge in [-0.1, -0.05) is 170 Å². The van der Waals surface area contributed by atoms with E-state index in [2.05, 4.69) is 150 Å². The zero-order valence-electron chi connectivity index (χ0n) is 33.7. The Morgan fingerprint density at radius 1 is 0.317 bits per heavy atom. The molecule has 13 rings (SSSR count). The zero-order chi connectivity index (χ0) is 41.4. The van der Waals surface area contributed by atoms with E-state index in [-0.39, 0.29) is 0 Å². The van der Waals surface area contributed by atoms with Crippen LogP contribution in [0.15, 0.2) is 206 Å². The molecule has 13 aromatic rings. The van der Waals surface area contributed by atoms with Crippen molar-refractivity contribution in [1.82, 2.24) is 19.5 Å². The molecule has 0 aliphatic rings. The molecule has 63 heavy (non-hydrogen) atoms. The van der Waals surface area contributed by atoms with Crippen LogP contribution in [0.3, 0.4) is 0 Å². The number of thiophene rings is 2. The van der Waals surface area contributed by atoms with Gasteiger partial charge in [0.15, 0.2) is 17.5 Å². The maximum Gasteiger partial charge on any atom is 0.164 e. The van der Waals surface area contributed by atoms with Crippen molar-refractivity contribution in [1.29, 1.82) is 0 Å². The molecule has 0 aliphatic heterocycles. The maximum absolute atomic E-state index is 4.95. The predicted molar refractivity (Wildman–Crippen MR) is 267 cm³/mol. The highest BCUT2D eigenvalue weighted by molar-refractivity contribution is 7.30. The first kappa shape index (κ1) is 35.9. The van der Waals surface area contributed by atoms with Crippen LogP contribution in [-0.4, -0.2) is 19.5 Å². The van der Waals surface area contributed by atoms with Gasteiger partial charge in [-0.05, 0) is 53.1 Å². The lowest BCUT2D eigenvalue weighted by Gasteiger charge is -2.13. The second kappa shape index (κ2) is 14.4. The summed E-state index contributed by atoms with van der Waals surface area (Å²) >= 11 is 3.81. The quantitative estimate of drug-likeness (QED) is 0.168. The van der Waals surface area contributed by atoms with Gasteiger partial charge in [-0.15, -0.1) is 22.7 Å². The first-order chi connectivity index (χ1) is 31.2. The van der Waals surface area contributed by atoms with Crippen molar-refractivity contribution in [3.63, 3.8) is 0 Å². The Kier molecular flexibility index (Phi) is 8.22. The summed E-state index contributed by atoms with van der Waals surface area (Å²) in [5, 5.41) is 7.81. The van der Waals surface area contributed by atoms with Crippen LogP contribution in [0, 0.1) is 0 Å². The third-order valence-electron chi connectivity index (χ3n) is 12.3. The van der Waals surface area contributed by atoms with E-state index in [0.717, 1.165) is 33.5 Å². The third kappa shape index (κ3) is 5.91. The molecular formula is C57H34N4S2. The molecule has 9 aromatic carbocycles. The lowest BCUT2D eigenvalue weighted by atomic mass is 9.97. The number of hydrogen-bond acceptors (Lipinski definition) is 5. The van der Waals surface area contributed by atoms with Crippen molar-refractivity contribution in [3.8, 4) is 62.1 Å². The first-order valence-corrected chi connectivity index (χ1v) is 22.7. The highest BCUT2D eigenvalue weighted by atomic mass is 32.1. The van der Waals surface area contributed by atoms with Gasteiger partial charge >= 0.3 is 0 Å². The van der Waals surface area contributed by atoms with E-state index >= 15 is 0 Å². The van der Waals surface area contributed by atoms with E-state index in [4.69, 9.17) is 15.0 Å². The van der Waals surface area contributed by atoms with Crippen LogP contribution in [0.5, 0.6) is 0 Å². The van der Waals surface area contributed by atoms with Crippen LogP contribution >= 0.6 is 22.7 Å². The fourth-order valence-electron chi connectivity index (χ4n) is 9.27. The van der Waals surface area contributed by atoms with Gasteiger partial charge in [-0.2, -0.15) is 0 Å². The Hall–Kier alpha value is -7.77. The molecule has 0 fully saturated rings. The van der Waals surface area contributed by atoms with Crippen molar-refractivity contribution in [2.75, 3.05) is 0 Å². The summed E-state index contributed by atoms with van der Waals surface area (Å²) in [7, 11) is 0. The van der Waals surface area contributed by atoms with Crippen molar-refractivity contribution < 1.29 is 0 Å². The zero-order valence-corrected chi connectivity index (χ0v) is 35.4. The number of rotatable bonds is 6. The summed E-state index contributed by atoms with van der Waals surface area (Å²) < 4.78 is 7.75. The highest BCUT2D eigenvalue weighted by Gasteiger charge is 2.20. The van der Waals surface area contributed by atoms with Crippen LogP contribution in [0.25, 0.3) is 124 Å². The molecule has 294 valence electrons. The van der Waals surface area contributed by atoms with Gasteiger partial charge in [0.2, 0.25) is 0 Å². The fourth-order valence-corrected chi connectivity index (χ4v) is 11.8. The number of nitrogens with zero attached hydrogens (tertiary/aromatic N) is 4. The molecule has 0 atom stereocenters. The van der Waals surface area contributed by atoms with Crippen LogP contribution in [-0.2, 0) is 0 Å². The van der Waals surface area contributed by atoms with Crippen LogP contribution in [0.2, 0.25) is 0 Å². The molecule has 4 aromatic heterocycles. The van der Waals surface area contributed by atoms with Gasteiger partial charge in [0.1, 0.15) is 0 Å². The molecule has 0 saturated heterocycles. The smallest absolute Gasteiger partial charge is 0.164 e. The largest absolute Gasteiger partial charge is 0.309 e. The summed E-state index contributed by atoms with van der Waals surface area (Å²) in [5.74, 6) is 1.96. The van der Waals surface area contributed by atoms with Gasteiger partial charge in [-0.3, -0.25) is 0 Å². The monoisotopic (exact) mass is 838 g/mol. The number of para-hydroxylation sites is 2. The van der Waals surface area contributed by atoms with Crippen molar-refractivity contribution in [2.45, 2.75) is 0 Å². The summed E-state index contributed by atoms with van der Waals surface area (Å²) in [6.45, 7) is 0. The summed E-state index contributed by atoms with van der Waals surface area (Å²) in [4.78, 5) is 14.8. The van der Waals surface area contributed by atoms with Crippen LogP contribution < -0.4 is 0 Å². The molecule has 0 aliphatic carbocycles. The fraction of sp³-hybridized carbons (Fsp3) is 0. The Bertz CT molecular complexity index is 3770. The Balaban J connectivity index is 0.941. The average molecular weight is 839 g/mol. The first-order valence-electron chi connectivity index (χ1n) is 21.1. The van der Waals surface area contributed by atoms with E-state index in [9.17, 15) is 0 Å². The van der Waals surface area contributed by atoms with Gasteiger partial charge in [0.25, 0.3) is 0 Å². The molecule has 0 saturated carbocycles. The van der Waals surface area contributed by atoms with E-state index in [1.165, 1.54) is 73.3 Å². The molecule has 6 heteroatoms. The van der Waals surface area contributed by atoms with Crippen LogP contribution in [0.4, 0.5) is 0 Å². The standard InChI is InChI=1S/C57H34N4S2/c1-3-13-38(14-4-1)55-58-56(39-15-5-2-6-16-39)60-57(59-55)40-29-25-36(26-30-40)35-23-27-37(28-24-35)46-33-41(61-48-20-10-7-17-42(48)43-18-8-11-21-49(43)61)34-47-52-51(63-53(46)47)32-31-45-44-19-9-12-22-50(44)62-54(45)52/h1-34H. The summed E-state index contributed by atoms with van der Waals surface area (Å²) in [5.41, 5.74) is 11.1. The van der Waals surface area contributed by atoms with Gasteiger partial charge < -0.3 is 4.57 Å². The Morgan fingerprint density at radius 3 is 1.40 bits per heavy atom.